The van der Waals surface area contributed by atoms with E-state index in [1.54, 1.807) is 0 Å². The van der Waals surface area contributed by atoms with E-state index < -0.39 is 0 Å². The summed E-state index contributed by atoms with van der Waals surface area (Å²) in [4.78, 5) is 10.3. The number of aromatic nitrogens is 2. The third kappa shape index (κ3) is 6.70. The average molecular weight is 813 g/mol. The van der Waals surface area contributed by atoms with Gasteiger partial charge in [-0.2, -0.15) is 0 Å². The molecule has 0 N–H and O–H groups in total. The Hall–Kier alpha value is -8.46. The summed E-state index contributed by atoms with van der Waals surface area (Å²) in [7, 11) is 0. The van der Waals surface area contributed by atoms with Gasteiger partial charge in [0.25, 0.3) is 0 Å². The van der Waals surface area contributed by atoms with E-state index in [0.717, 1.165) is 44.8 Å². The van der Waals surface area contributed by atoms with Crippen LogP contribution >= 0.6 is 0 Å². The number of hydrogen-bond donors (Lipinski definition) is 0. The van der Waals surface area contributed by atoms with Crippen LogP contribution < -0.4 is 0 Å². The molecule has 64 heavy (non-hydrogen) atoms. The fourth-order valence-corrected chi connectivity index (χ4v) is 9.51. The maximum absolute atomic E-state index is 5.15. The smallest absolute Gasteiger partial charge is 0.160 e. The number of nitrogens with zero attached hydrogens (tertiary/aromatic N) is 2. The molecule has 0 unspecified atom stereocenters. The molecule has 12 aromatic rings. The van der Waals surface area contributed by atoms with Crippen molar-refractivity contribution in [1.82, 2.24) is 9.97 Å². The molecule has 298 valence electrons. The lowest BCUT2D eigenvalue weighted by Crippen LogP contribution is -1.96. The Balaban J connectivity index is 0.923. The lowest BCUT2D eigenvalue weighted by molar-refractivity contribution is 1.18. The van der Waals surface area contributed by atoms with Crippen molar-refractivity contribution in [3.63, 3.8) is 0 Å². The first kappa shape index (κ1) is 37.3. The summed E-state index contributed by atoms with van der Waals surface area (Å²) < 4.78 is 0. The number of rotatable bonds is 7. The van der Waals surface area contributed by atoms with Crippen LogP contribution in [0.25, 0.3) is 122 Å². The quantitative estimate of drug-likeness (QED) is 0.118. The van der Waals surface area contributed by atoms with Gasteiger partial charge in [0.05, 0.1) is 11.4 Å². The monoisotopic (exact) mass is 812 g/mol. The Bertz CT molecular complexity index is 3690. The van der Waals surface area contributed by atoms with Gasteiger partial charge in [-0.1, -0.05) is 224 Å². The summed E-state index contributed by atoms with van der Waals surface area (Å²) in [5.41, 5.74) is 14.4. The van der Waals surface area contributed by atoms with Crippen molar-refractivity contribution in [2.75, 3.05) is 0 Å². The fraction of sp³-hybridized carbons (Fsp3) is 0. The van der Waals surface area contributed by atoms with E-state index in [4.69, 9.17) is 9.97 Å². The third-order valence-electron chi connectivity index (χ3n) is 12.7. The molecule has 12 rings (SSSR count). The molecule has 0 bridgehead atoms. The highest BCUT2D eigenvalue weighted by atomic mass is 14.9. The van der Waals surface area contributed by atoms with Crippen molar-refractivity contribution < 1.29 is 0 Å². The van der Waals surface area contributed by atoms with Crippen LogP contribution in [0.4, 0.5) is 0 Å². The predicted molar refractivity (Wildman–Crippen MR) is 270 cm³/mol. The second kappa shape index (κ2) is 15.8. The predicted octanol–water partition coefficient (Wildman–Crippen LogP) is 16.8. The van der Waals surface area contributed by atoms with Crippen LogP contribution in [0.5, 0.6) is 0 Å². The highest BCUT2D eigenvalue weighted by Gasteiger charge is 2.19. The van der Waals surface area contributed by atoms with E-state index >= 15 is 0 Å². The van der Waals surface area contributed by atoms with Crippen molar-refractivity contribution in [1.29, 1.82) is 0 Å². The van der Waals surface area contributed by atoms with Crippen LogP contribution in [0.2, 0.25) is 0 Å². The first-order valence-electron chi connectivity index (χ1n) is 21.9. The normalized spacial score (nSPS) is 11.4. The van der Waals surface area contributed by atoms with E-state index in [0.29, 0.717) is 5.82 Å². The van der Waals surface area contributed by atoms with E-state index in [1.165, 1.54) is 70.9 Å². The molecular formula is C62H40N2. The molecule has 0 aliphatic heterocycles. The van der Waals surface area contributed by atoms with Gasteiger partial charge < -0.3 is 0 Å². The van der Waals surface area contributed by atoms with Crippen molar-refractivity contribution >= 4 is 43.1 Å². The highest BCUT2D eigenvalue weighted by Crippen LogP contribution is 2.46. The molecule has 0 aliphatic rings. The summed E-state index contributed by atoms with van der Waals surface area (Å²) in [6.07, 6.45) is 0. The SMILES string of the molecule is c1ccc(-c2nc(-c3ccc(-c4ccc(-c5c6ccccc6c(-c6ccccc6)c6ccc7ccccc7c56)cc4)cc3)cc(-c3cccc(-c4ccc5ccccc5c4)c3)n2)cc1. The molecule has 11 aromatic carbocycles. The minimum absolute atomic E-state index is 0.702. The largest absolute Gasteiger partial charge is 0.228 e. The second-order valence-electron chi connectivity index (χ2n) is 16.5. The molecule has 0 saturated carbocycles. The van der Waals surface area contributed by atoms with Crippen LogP contribution in [0.1, 0.15) is 0 Å². The van der Waals surface area contributed by atoms with Gasteiger partial charge in [-0.3, -0.25) is 0 Å². The lowest BCUT2D eigenvalue weighted by Gasteiger charge is -2.19. The van der Waals surface area contributed by atoms with Crippen molar-refractivity contribution in [2.45, 2.75) is 0 Å². The summed E-state index contributed by atoms with van der Waals surface area (Å²) in [5, 5.41) is 10.0. The molecule has 1 heterocycles. The van der Waals surface area contributed by atoms with E-state index in [1.807, 2.05) is 18.2 Å². The van der Waals surface area contributed by atoms with Crippen LogP contribution in [-0.4, -0.2) is 9.97 Å². The maximum atomic E-state index is 5.15. The maximum Gasteiger partial charge on any atom is 0.160 e. The zero-order chi connectivity index (χ0) is 42.4. The topological polar surface area (TPSA) is 25.8 Å². The molecule has 0 radical (unpaired) electrons. The van der Waals surface area contributed by atoms with Gasteiger partial charge in [0.15, 0.2) is 5.82 Å². The molecular weight excluding hydrogens is 773 g/mol. The second-order valence-corrected chi connectivity index (χ2v) is 16.5. The first-order valence-corrected chi connectivity index (χ1v) is 21.9. The molecule has 0 fully saturated rings. The molecule has 0 atom stereocenters. The number of fused-ring (bicyclic) bond motifs is 5. The van der Waals surface area contributed by atoms with E-state index in [-0.39, 0.29) is 0 Å². The number of hydrogen-bond acceptors (Lipinski definition) is 2. The van der Waals surface area contributed by atoms with Crippen molar-refractivity contribution in [3.8, 4) is 78.4 Å². The summed E-state index contributed by atoms with van der Waals surface area (Å²) >= 11 is 0. The molecule has 1 aromatic heterocycles. The highest BCUT2D eigenvalue weighted by molar-refractivity contribution is 6.27. The van der Waals surface area contributed by atoms with Gasteiger partial charge in [-0.15, -0.1) is 0 Å². The summed E-state index contributed by atoms with van der Waals surface area (Å²) in [5.74, 6) is 0.702. The molecule has 0 aliphatic carbocycles. The molecule has 0 spiro atoms. The Morgan fingerprint density at radius 3 is 1.41 bits per heavy atom. The number of benzene rings is 11. The lowest BCUT2D eigenvalue weighted by atomic mass is 9.84. The van der Waals surface area contributed by atoms with Crippen molar-refractivity contribution in [3.05, 3.63) is 243 Å². The summed E-state index contributed by atoms with van der Waals surface area (Å²) in [6, 6.07) is 87.2. The molecule has 2 heteroatoms. The Labute approximate surface area is 372 Å². The average Bonchev–Trinajstić information content (AvgIpc) is 3.38. The van der Waals surface area contributed by atoms with Crippen LogP contribution in [-0.2, 0) is 0 Å². The van der Waals surface area contributed by atoms with Gasteiger partial charge in [0, 0.05) is 16.7 Å². The van der Waals surface area contributed by atoms with Crippen LogP contribution in [0.3, 0.4) is 0 Å². The molecule has 0 saturated heterocycles. The van der Waals surface area contributed by atoms with Crippen LogP contribution in [0, 0.1) is 0 Å². The van der Waals surface area contributed by atoms with Gasteiger partial charge >= 0.3 is 0 Å². The Morgan fingerprint density at radius 2 is 0.688 bits per heavy atom. The fourth-order valence-electron chi connectivity index (χ4n) is 9.51. The summed E-state index contributed by atoms with van der Waals surface area (Å²) in [6.45, 7) is 0. The minimum atomic E-state index is 0.702. The molecule has 2 nitrogen and oxygen atoms in total. The van der Waals surface area contributed by atoms with E-state index in [9.17, 15) is 0 Å². The minimum Gasteiger partial charge on any atom is -0.228 e. The molecule has 0 amide bonds. The Kier molecular flexibility index (Phi) is 9.20. The van der Waals surface area contributed by atoms with Gasteiger partial charge in [-0.25, -0.2) is 9.97 Å². The van der Waals surface area contributed by atoms with Gasteiger partial charge in [-0.05, 0) is 106 Å². The van der Waals surface area contributed by atoms with Crippen LogP contribution in [0.15, 0.2) is 243 Å². The zero-order valence-corrected chi connectivity index (χ0v) is 35.0. The van der Waals surface area contributed by atoms with Crippen molar-refractivity contribution in [2.24, 2.45) is 0 Å². The Morgan fingerprint density at radius 1 is 0.219 bits per heavy atom. The standard InChI is InChI=1S/C62H40N2/c1-3-16-46(17-4-1)59-54-24-11-12-25-55(54)60(61-53-23-10-9-15-44(53)36-37-56(59)61)47-33-28-43(29-34-47)42-26-31-45(32-27-42)57-40-58(64-62(63-57)48-18-5-2-6-19-48)52-22-13-21-50(39-52)51-35-30-41-14-7-8-20-49(41)38-51/h1-40H. The first-order chi connectivity index (χ1) is 31.7. The van der Waals surface area contributed by atoms with Gasteiger partial charge in [0.1, 0.15) is 0 Å². The van der Waals surface area contributed by atoms with E-state index in [2.05, 4.69) is 224 Å². The third-order valence-corrected chi connectivity index (χ3v) is 12.7. The zero-order valence-electron chi connectivity index (χ0n) is 35.0. The van der Waals surface area contributed by atoms with Gasteiger partial charge in [0.2, 0.25) is 0 Å².